The van der Waals surface area contributed by atoms with Crippen molar-refractivity contribution in [1.82, 2.24) is 5.32 Å². The summed E-state index contributed by atoms with van der Waals surface area (Å²) in [6.07, 6.45) is 5.09. The Bertz CT molecular complexity index is 480. The molecule has 5 heteroatoms. The summed E-state index contributed by atoms with van der Waals surface area (Å²) >= 11 is 3.35. The van der Waals surface area contributed by atoms with Crippen LogP contribution in [0.4, 0.5) is 0 Å². The molecule has 0 saturated heterocycles. The van der Waals surface area contributed by atoms with E-state index in [0.29, 0.717) is 28.1 Å². The largest absolute Gasteiger partial charge is 0.493 e. The Morgan fingerprint density at radius 1 is 1.56 bits per heavy atom. The summed E-state index contributed by atoms with van der Waals surface area (Å²) in [4.78, 5) is 11.8. The molecule has 96 valence electrons. The molecule has 1 aromatic carbocycles. The van der Waals surface area contributed by atoms with E-state index < -0.39 is 0 Å². The van der Waals surface area contributed by atoms with Crippen LogP contribution in [0.15, 0.2) is 16.6 Å². The molecule has 4 nitrogen and oxygen atoms in total. The summed E-state index contributed by atoms with van der Waals surface area (Å²) in [6, 6.07) is 3.28. The van der Waals surface area contributed by atoms with E-state index in [9.17, 15) is 4.79 Å². The first-order valence-corrected chi connectivity index (χ1v) is 6.15. The molecule has 0 aliphatic heterocycles. The predicted octanol–water partition coefficient (Wildman–Crippen LogP) is 2.22. The highest BCUT2D eigenvalue weighted by Gasteiger charge is 2.14. The number of hydrogen-bond donors (Lipinski definition) is 1. The van der Waals surface area contributed by atoms with Crippen LogP contribution in [0.5, 0.6) is 11.5 Å². The Kier molecular flexibility index (Phi) is 5.53. The minimum Gasteiger partial charge on any atom is -0.493 e. The molecule has 0 aromatic heterocycles. The van der Waals surface area contributed by atoms with E-state index in [2.05, 4.69) is 27.2 Å². The van der Waals surface area contributed by atoms with Gasteiger partial charge < -0.3 is 14.8 Å². The average molecular weight is 312 g/mol. The van der Waals surface area contributed by atoms with E-state index in [1.807, 2.05) is 6.92 Å². The lowest BCUT2D eigenvalue weighted by molar-refractivity contribution is 0.0958. The van der Waals surface area contributed by atoms with E-state index >= 15 is 0 Å². The fourth-order valence-electron chi connectivity index (χ4n) is 1.37. The molecule has 1 N–H and O–H groups in total. The van der Waals surface area contributed by atoms with Crippen LogP contribution in [0, 0.1) is 12.3 Å². The van der Waals surface area contributed by atoms with E-state index in [4.69, 9.17) is 15.9 Å². The fraction of sp³-hybridized carbons (Fsp3) is 0.308. The van der Waals surface area contributed by atoms with Crippen LogP contribution in [0.2, 0.25) is 0 Å². The number of terminal acetylenes is 1. The highest BCUT2D eigenvalue weighted by atomic mass is 79.9. The van der Waals surface area contributed by atoms with Gasteiger partial charge in [0.05, 0.1) is 24.7 Å². The lowest BCUT2D eigenvalue weighted by Crippen LogP contribution is -2.23. The molecule has 0 radical (unpaired) electrons. The SMILES string of the molecule is C#CCNC(=O)c1cc(Br)c(OCC)c(OC)c1. The molecule has 0 unspecified atom stereocenters. The van der Waals surface area contributed by atoms with Crippen molar-refractivity contribution in [2.45, 2.75) is 6.92 Å². The average Bonchev–Trinajstić information content (AvgIpc) is 2.38. The van der Waals surface area contributed by atoms with Crippen molar-refractivity contribution >= 4 is 21.8 Å². The molecule has 0 aliphatic carbocycles. The number of benzene rings is 1. The molecule has 0 saturated carbocycles. The first kappa shape index (κ1) is 14.4. The summed E-state index contributed by atoms with van der Waals surface area (Å²) in [5, 5.41) is 2.59. The molecule has 1 amide bonds. The van der Waals surface area contributed by atoms with Crippen LogP contribution < -0.4 is 14.8 Å². The number of carbonyl (C=O) groups is 1. The monoisotopic (exact) mass is 311 g/mol. The Morgan fingerprint density at radius 3 is 2.83 bits per heavy atom. The standard InChI is InChI=1S/C13H14BrNO3/c1-4-6-15-13(16)9-7-10(14)12(18-5-2)11(8-9)17-3/h1,7-8H,5-6H2,2-3H3,(H,15,16). The van der Waals surface area contributed by atoms with Gasteiger partial charge in [0.15, 0.2) is 11.5 Å². The number of carbonyl (C=O) groups excluding carboxylic acids is 1. The molecule has 1 aromatic rings. The second-order valence-electron chi connectivity index (χ2n) is 3.31. The molecule has 0 heterocycles. The lowest BCUT2D eigenvalue weighted by atomic mass is 10.2. The van der Waals surface area contributed by atoms with Crippen molar-refractivity contribution < 1.29 is 14.3 Å². The van der Waals surface area contributed by atoms with Crippen LogP contribution in [0.1, 0.15) is 17.3 Å². The van der Waals surface area contributed by atoms with Crippen LogP contribution in [0.3, 0.4) is 0 Å². The molecule has 0 spiro atoms. The van der Waals surface area contributed by atoms with Crippen LogP contribution in [-0.2, 0) is 0 Å². The van der Waals surface area contributed by atoms with Gasteiger partial charge in [0.2, 0.25) is 0 Å². The van der Waals surface area contributed by atoms with Crippen molar-refractivity contribution in [1.29, 1.82) is 0 Å². The second kappa shape index (κ2) is 6.92. The number of amides is 1. The normalized spacial score (nSPS) is 9.44. The Hall–Kier alpha value is -1.67. The zero-order valence-electron chi connectivity index (χ0n) is 10.2. The van der Waals surface area contributed by atoms with E-state index in [0.717, 1.165) is 0 Å². The van der Waals surface area contributed by atoms with Crippen molar-refractivity contribution in [2.75, 3.05) is 20.3 Å². The van der Waals surface area contributed by atoms with Gasteiger partial charge in [-0.05, 0) is 35.0 Å². The van der Waals surface area contributed by atoms with Crippen molar-refractivity contribution in [2.24, 2.45) is 0 Å². The summed E-state index contributed by atoms with van der Waals surface area (Å²) in [5.74, 6) is 3.16. The number of hydrogen-bond acceptors (Lipinski definition) is 3. The van der Waals surface area contributed by atoms with Crippen molar-refractivity contribution in [3.8, 4) is 23.8 Å². The van der Waals surface area contributed by atoms with Gasteiger partial charge in [-0.2, -0.15) is 0 Å². The highest BCUT2D eigenvalue weighted by Crippen LogP contribution is 2.36. The van der Waals surface area contributed by atoms with Gasteiger partial charge in [-0.3, -0.25) is 4.79 Å². The highest BCUT2D eigenvalue weighted by molar-refractivity contribution is 9.10. The zero-order chi connectivity index (χ0) is 13.5. The molecule has 0 bridgehead atoms. The quantitative estimate of drug-likeness (QED) is 0.848. The van der Waals surface area contributed by atoms with Gasteiger partial charge in [0.1, 0.15) is 0 Å². The molecular formula is C13H14BrNO3. The van der Waals surface area contributed by atoms with Gasteiger partial charge in [-0.25, -0.2) is 0 Å². The van der Waals surface area contributed by atoms with E-state index in [1.54, 1.807) is 12.1 Å². The fourth-order valence-corrected chi connectivity index (χ4v) is 1.93. The summed E-state index contributed by atoms with van der Waals surface area (Å²) in [7, 11) is 1.52. The summed E-state index contributed by atoms with van der Waals surface area (Å²) in [6.45, 7) is 2.57. The molecule has 0 aliphatic rings. The first-order chi connectivity index (χ1) is 8.63. The van der Waals surface area contributed by atoms with Gasteiger partial charge in [0, 0.05) is 5.56 Å². The predicted molar refractivity (Wildman–Crippen MR) is 73.0 cm³/mol. The van der Waals surface area contributed by atoms with Crippen molar-refractivity contribution in [3.63, 3.8) is 0 Å². The van der Waals surface area contributed by atoms with Gasteiger partial charge >= 0.3 is 0 Å². The Balaban J connectivity index is 3.06. The number of nitrogens with one attached hydrogen (secondary N) is 1. The molecular weight excluding hydrogens is 298 g/mol. The van der Waals surface area contributed by atoms with Gasteiger partial charge in [-0.15, -0.1) is 6.42 Å². The Morgan fingerprint density at radius 2 is 2.28 bits per heavy atom. The molecule has 0 atom stereocenters. The molecule has 1 rings (SSSR count). The van der Waals surface area contributed by atoms with Gasteiger partial charge in [0.25, 0.3) is 5.91 Å². The maximum absolute atomic E-state index is 11.8. The molecule has 18 heavy (non-hydrogen) atoms. The minimum atomic E-state index is -0.255. The van der Waals surface area contributed by atoms with Crippen molar-refractivity contribution in [3.05, 3.63) is 22.2 Å². The second-order valence-corrected chi connectivity index (χ2v) is 4.16. The number of rotatable bonds is 5. The van der Waals surface area contributed by atoms with Crippen LogP contribution >= 0.6 is 15.9 Å². The third-order valence-corrected chi connectivity index (χ3v) is 2.72. The smallest absolute Gasteiger partial charge is 0.252 e. The van der Waals surface area contributed by atoms with E-state index in [-0.39, 0.29) is 12.5 Å². The molecule has 0 fully saturated rings. The number of ether oxygens (including phenoxy) is 2. The summed E-state index contributed by atoms with van der Waals surface area (Å²) < 4.78 is 11.3. The third-order valence-electron chi connectivity index (χ3n) is 2.13. The van der Waals surface area contributed by atoms with Gasteiger partial charge in [-0.1, -0.05) is 5.92 Å². The Labute approximate surface area is 115 Å². The topological polar surface area (TPSA) is 47.6 Å². The first-order valence-electron chi connectivity index (χ1n) is 5.36. The zero-order valence-corrected chi connectivity index (χ0v) is 11.8. The lowest BCUT2D eigenvalue weighted by Gasteiger charge is -2.13. The maximum Gasteiger partial charge on any atom is 0.252 e. The summed E-state index contributed by atoms with van der Waals surface area (Å²) in [5.41, 5.74) is 0.456. The third kappa shape index (κ3) is 3.41. The van der Waals surface area contributed by atoms with Crippen LogP contribution in [-0.4, -0.2) is 26.2 Å². The number of methoxy groups -OCH3 is 1. The maximum atomic E-state index is 11.8. The van der Waals surface area contributed by atoms with Crippen LogP contribution in [0.25, 0.3) is 0 Å². The number of halogens is 1. The minimum absolute atomic E-state index is 0.186. The van der Waals surface area contributed by atoms with E-state index in [1.165, 1.54) is 7.11 Å².